The van der Waals surface area contributed by atoms with Crippen molar-refractivity contribution in [3.05, 3.63) is 52.2 Å². The van der Waals surface area contributed by atoms with Gasteiger partial charge in [-0.3, -0.25) is 14.5 Å². The van der Waals surface area contributed by atoms with Crippen molar-refractivity contribution in [1.29, 1.82) is 0 Å². The molecule has 0 spiro atoms. The summed E-state index contributed by atoms with van der Waals surface area (Å²) in [6.45, 7) is 6.74. The van der Waals surface area contributed by atoms with Crippen molar-refractivity contribution in [3.63, 3.8) is 0 Å². The van der Waals surface area contributed by atoms with Crippen LogP contribution in [0, 0.1) is 0 Å². The summed E-state index contributed by atoms with van der Waals surface area (Å²) in [5.74, 6) is -0.794. The van der Waals surface area contributed by atoms with Crippen LogP contribution in [0.25, 0.3) is 0 Å². The molecule has 6 heteroatoms. The number of anilines is 1. The summed E-state index contributed by atoms with van der Waals surface area (Å²) in [7, 11) is 0. The lowest BCUT2D eigenvalue weighted by Gasteiger charge is -2.27. The Hall–Kier alpha value is -2.18. The Morgan fingerprint density at radius 1 is 1.04 bits per heavy atom. The topological polar surface area (TPSA) is 61.4 Å². The van der Waals surface area contributed by atoms with Crippen LogP contribution in [0.3, 0.4) is 0 Å². The summed E-state index contributed by atoms with van der Waals surface area (Å²) < 4.78 is 0. The zero-order valence-electron chi connectivity index (χ0n) is 15.9. The molecule has 0 aliphatic carbocycles. The lowest BCUT2D eigenvalue weighted by molar-refractivity contribution is -0.136. The van der Waals surface area contributed by atoms with Gasteiger partial charge in [-0.25, -0.2) is 0 Å². The molecule has 1 aromatic carbocycles. The minimum absolute atomic E-state index is 0.126. The molecule has 1 atom stereocenters. The van der Waals surface area contributed by atoms with Crippen LogP contribution in [0.15, 0.2) is 41.1 Å². The molecule has 5 nitrogen and oxygen atoms in total. The average Bonchev–Trinajstić information content (AvgIpc) is 3.36. The number of nitrogens with zero attached hydrogens (tertiary/aromatic N) is 1. The first kappa shape index (κ1) is 19.6. The van der Waals surface area contributed by atoms with E-state index in [9.17, 15) is 9.59 Å². The highest BCUT2D eigenvalue weighted by atomic mass is 32.1. The monoisotopic (exact) mass is 385 g/mol. The van der Waals surface area contributed by atoms with Crippen LogP contribution >= 0.6 is 11.3 Å². The highest BCUT2D eigenvalue weighted by Crippen LogP contribution is 2.26. The first-order valence-corrected chi connectivity index (χ1v) is 10.4. The van der Waals surface area contributed by atoms with Gasteiger partial charge in [-0.1, -0.05) is 26.0 Å². The number of hydrogen-bond donors (Lipinski definition) is 2. The van der Waals surface area contributed by atoms with Gasteiger partial charge in [0.15, 0.2) is 0 Å². The van der Waals surface area contributed by atoms with E-state index in [1.807, 2.05) is 29.6 Å². The molecule has 1 aromatic heterocycles. The zero-order valence-corrected chi connectivity index (χ0v) is 16.7. The predicted octanol–water partition coefficient (Wildman–Crippen LogP) is 3.76. The van der Waals surface area contributed by atoms with E-state index in [1.54, 1.807) is 11.3 Å². The summed E-state index contributed by atoms with van der Waals surface area (Å²) in [5, 5.41) is 9.65. The maximum atomic E-state index is 12.3. The quantitative estimate of drug-likeness (QED) is 0.744. The van der Waals surface area contributed by atoms with Crippen molar-refractivity contribution in [1.82, 2.24) is 10.2 Å². The van der Waals surface area contributed by atoms with Crippen molar-refractivity contribution in [3.8, 4) is 0 Å². The van der Waals surface area contributed by atoms with Crippen molar-refractivity contribution >= 4 is 28.8 Å². The molecule has 27 heavy (non-hydrogen) atoms. The predicted molar refractivity (Wildman–Crippen MR) is 110 cm³/mol. The molecule has 0 bridgehead atoms. The number of rotatable bonds is 6. The number of likely N-dealkylation sites (tertiary alicyclic amines) is 1. The maximum Gasteiger partial charge on any atom is 0.313 e. The van der Waals surface area contributed by atoms with Gasteiger partial charge in [-0.05, 0) is 71.9 Å². The lowest BCUT2D eigenvalue weighted by atomic mass is 10.0. The Labute approximate surface area is 164 Å². The number of amides is 2. The van der Waals surface area contributed by atoms with Crippen molar-refractivity contribution in [2.24, 2.45) is 0 Å². The van der Waals surface area contributed by atoms with Gasteiger partial charge < -0.3 is 10.6 Å². The first-order chi connectivity index (χ1) is 13.0. The van der Waals surface area contributed by atoms with Gasteiger partial charge in [-0.2, -0.15) is 11.3 Å². The van der Waals surface area contributed by atoms with E-state index in [-0.39, 0.29) is 6.04 Å². The second-order valence-corrected chi connectivity index (χ2v) is 8.04. The van der Waals surface area contributed by atoms with E-state index in [2.05, 4.69) is 40.8 Å². The second-order valence-electron chi connectivity index (χ2n) is 7.26. The third-order valence-corrected chi connectivity index (χ3v) is 5.71. The van der Waals surface area contributed by atoms with Crippen LogP contribution in [0.5, 0.6) is 0 Å². The van der Waals surface area contributed by atoms with E-state index in [1.165, 1.54) is 24.0 Å². The fourth-order valence-corrected chi connectivity index (χ4v) is 4.09. The third kappa shape index (κ3) is 5.17. The summed E-state index contributed by atoms with van der Waals surface area (Å²) in [6.07, 6.45) is 2.36. The van der Waals surface area contributed by atoms with Crippen LogP contribution in [-0.2, 0) is 9.59 Å². The van der Waals surface area contributed by atoms with Gasteiger partial charge in [0.25, 0.3) is 0 Å². The number of benzene rings is 1. The van der Waals surface area contributed by atoms with Crippen LogP contribution in [0.4, 0.5) is 5.69 Å². The van der Waals surface area contributed by atoms with Gasteiger partial charge in [0.2, 0.25) is 0 Å². The standard InChI is InChI=1S/C21H27N3O2S/c1-15(2)16-5-7-18(8-6-16)23-21(26)20(25)22-13-19(17-9-12-27-14-17)24-10-3-4-11-24/h5-9,12,14-15,19H,3-4,10-11,13H2,1-2H3,(H,22,25)(H,23,26). The van der Waals surface area contributed by atoms with E-state index >= 15 is 0 Å². The van der Waals surface area contributed by atoms with Crippen LogP contribution < -0.4 is 10.6 Å². The SMILES string of the molecule is CC(C)c1ccc(NC(=O)C(=O)NCC(c2ccsc2)N2CCCC2)cc1. The first-order valence-electron chi connectivity index (χ1n) is 9.50. The number of nitrogens with one attached hydrogen (secondary N) is 2. The Kier molecular flexibility index (Phi) is 6.63. The Bertz CT molecular complexity index is 750. The molecular weight excluding hydrogens is 358 g/mol. The third-order valence-electron chi connectivity index (χ3n) is 5.01. The number of carbonyl (C=O) groups is 2. The molecule has 1 fully saturated rings. The molecule has 2 N–H and O–H groups in total. The largest absolute Gasteiger partial charge is 0.346 e. The molecule has 1 saturated heterocycles. The zero-order chi connectivity index (χ0) is 19.2. The van der Waals surface area contributed by atoms with Gasteiger partial charge in [-0.15, -0.1) is 0 Å². The molecule has 2 amide bonds. The fourth-order valence-electron chi connectivity index (χ4n) is 3.38. The van der Waals surface area contributed by atoms with Crippen molar-refractivity contribution < 1.29 is 9.59 Å². The Balaban J connectivity index is 1.56. The summed E-state index contributed by atoms with van der Waals surface area (Å²) in [5.41, 5.74) is 3.03. The lowest BCUT2D eigenvalue weighted by Crippen LogP contribution is -2.41. The molecule has 1 aliphatic heterocycles. The highest BCUT2D eigenvalue weighted by molar-refractivity contribution is 7.08. The van der Waals surface area contributed by atoms with Crippen LogP contribution in [-0.4, -0.2) is 36.3 Å². The van der Waals surface area contributed by atoms with E-state index < -0.39 is 11.8 Å². The van der Waals surface area contributed by atoms with E-state index in [4.69, 9.17) is 0 Å². The van der Waals surface area contributed by atoms with Crippen molar-refractivity contribution in [2.75, 3.05) is 25.0 Å². The molecule has 0 radical (unpaired) electrons. The Morgan fingerprint density at radius 3 is 2.33 bits per heavy atom. The molecule has 1 aliphatic rings. The second kappa shape index (κ2) is 9.15. The van der Waals surface area contributed by atoms with E-state index in [0.29, 0.717) is 18.2 Å². The van der Waals surface area contributed by atoms with Gasteiger partial charge in [0.1, 0.15) is 0 Å². The summed E-state index contributed by atoms with van der Waals surface area (Å²) in [4.78, 5) is 26.9. The van der Waals surface area contributed by atoms with Crippen LogP contribution in [0.2, 0.25) is 0 Å². The highest BCUT2D eigenvalue weighted by Gasteiger charge is 2.25. The van der Waals surface area contributed by atoms with E-state index in [0.717, 1.165) is 13.1 Å². The molecule has 2 heterocycles. The molecule has 144 valence electrons. The Morgan fingerprint density at radius 2 is 1.74 bits per heavy atom. The van der Waals surface area contributed by atoms with Gasteiger partial charge in [0, 0.05) is 12.2 Å². The summed E-state index contributed by atoms with van der Waals surface area (Å²) >= 11 is 1.65. The number of carbonyl (C=O) groups excluding carboxylic acids is 2. The van der Waals surface area contributed by atoms with Crippen molar-refractivity contribution in [2.45, 2.75) is 38.6 Å². The number of hydrogen-bond acceptors (Lipinski definition) is 4. The molecule has 2 aromatic rings. The van der Waals surface area contributed by atoms with Crippen LogP contribution in [0.1, 0.15) is 49.8 Å². The van der Waals surface area contributed by atoms with Gasteiger partial charge in [0.05, 0.1) is 6.04 Å². The molecular formula is C21H27N3O2S. The normalized spacial score (nSPS) is 15.7. The molecule has 3 rings (SSSR count). The van der Waals surface area contributed by atoms with Gasteiger partial charge >= 0.3 is 11.8 Å². The fraction of sp³-hybridized carbons (Fsp3) is 0.429. The number of thiophene rings is 1. The minimum atomic E-state index is -0.627. The maximum absolute atomic E-state index is 12.3. The minimum Gasteiger partial charge on any atom is -0.346 e. The molecule has 0 saturated carbocycles. The molecule has 1 unspecified atom stereocenters. The average molecular weight is 386 g/mol. The smallest absolute Gasteiger partial charge is 0.313 e. The summed E-state index contributed by atoms with van der Waals surface area (Å²) in [6, 6.07) is 9.82.